The molecule has 0 heterocycles. The Hall–Kier alpha value is -1.83. The van der Waals surface area contributed by atoms with E-state index in [9.17, 15) is 14.4 Å². The Balaban J connectivity index is 4.38. The van der Waals surface area contributed by atoms with Gasteiger partial charge >= 0.3 is 12.1 Å². The first-order chi connectivity index (χ1) is 10.3. The third kappa shape index (κ3) is 13.5. The summed E-state index contributed by atoms with van der Waals surface area (Å²) >= 11 is 0. The highest BCUT2D eigenvalue weighted by molar-refractivity contribution is 5.77. The molecule has 0 spiro atoms. The van der Waals surface area contributed by atoms with Crippen LogP contribution in [0.2, 0.25) is 0 Å². The summed E-state index contributed by atoms with van der Waals surface area (Å²) in [7, 11) is 0. The Kier molecular flexibility index (Phi) is 8.02. The lowest BCUT2D eigenvalue weighted by Gasteiger charge is -2.23. The van der Waals surface area contributed by atoms with Crippen molar-refractivity contribution < 1.29 is 29.0 Å². The molecule has 0 saturated heterocycles. The number of carbonyl (C=O) groups is 3. The molecule has 0 fully saturated rings. The Morgan fingerprint density at radius 2 is 1.65 bits per heavy atom. The number of hydrogen-bond acceptors (Lipinski definition) is 5. The number of amides is 2. The minimum absolute atomic E-state index is 0.108. The molecule has 0 radical (unpaired) electrons. The fraction of sp³-hybridized carbons (Fsp3) is 0.800. The minimum atomic E-state index is -1.09. The quantitative estimate of drug-likeness (QED) is 0.647. The van der Waals surface area contributed by atoms with Gasteiger partial charge in [-0.15, -0.1) is 0 Å². The van der Waals surface area contributed by atoms with Crippen molar-refractivity contribution in [1.29, 1.82) is 0 Å². The maximum absolute atomic E-state index is 11.7. The number of nitrogens with one attached hydrogen (secondary N) is 2. The van der Waals surface area contributed by atoms with Crippen LogP contribution in [0.3, 0.4) is 0 Å². The van der Waals surface area contributed by atoms with E-state index in [1.54, 1.807) is 20.8 Å². The summed E-state index contributed by atoms with van der Waals surface area (Å²) in [4.78, 5) is 34.1. The van der Waals surface area contributed by atoms with Gasteiger partial charge in [0.25, 0.3) is 0 Å². The van der Waals surface area contributed by atoms with Crippen LogP contribution >= 0.6 is 0 Å². The van der Waals surface area contributed by atoms with E-state index in [1.807, 2.05) is 20.8 Å². The molecule has 2 amide bonds. The minimum Gasteiger partial charge on any atom is -0.481 e. The van der Waals surface area contributed by atoms with Crippen LogP contribution in [0, 0.1) is 0 Å². The van der Waals surface area contributed by atoms with E-state index in [1.165, 1.54) is 0 Å². The van der Waals surface area contributed by atoms with Gasteiger partial charge < -0.3 is 25.2 Å². The van der Waals surface area contributed by atoms with Gasteiger partial charge in [0.05, 0.1) is 19.1 Å². The summed E-state index contributed by atoms with van der Waals surface area (Å²) in [6.45, 7) is 10.3. The first-order valence-corrected chi connectivity index (χ1v) is 7.38. The molecule has 23 heavy (non-hydrogen) atoms. The predicted molar refractivity (Wildman–Crippen MR) is 84.1 cm³/mol. The number of alkyl carbamates (subject to hydrolysis) is 1. The topological polar surface area (TPSA) is 114 Å². The highest BCUT2D eigenvalue weighted by Gasteiger charge is 2.22. The van der Waals surface area contributed by atoms with Crippen LogP contribution < -0.4 is 10.6 Å². The van der Waals surface area contributed by atoms with Crippen LogP contribution in [0.1, 0.15) is 48.0 Å². The van der Waals surface area contributed by atoms with Crippen molar-refractivity contribution in [3.63, 3.8) is 0 Å². The summed E-state index contributed by atoms with van der Waals surface area (Å²) in [6, 6.07) is -0.787. The molecule has 0 saturated carbocycles. The molecular formula is C15H28N2O6. The monoisotopic (exact) mass is 332 g/mol. The SMILES string of the molecule is CC(C)(C)NC(=O)COCC(CC(=O)O)NC(=O)OC(C)(C)C. The number of aliphatic carboxylic acids is 1. The summed E-state index contributed by atoms with van der Waals surface area (Å²) in [5.74, 6) is -1.40. The zero-order valence-electron chi connectivity index (χ0n) is 14.7. The van der Waals surface area contributed by atoms with Crippen LogP contribution in [0.5, 0.6) is 0 Å². The molecule has 0 rings (SSSR count). The largest absolute Gasteiger partial charge is 0.481 e. The second kappa shape index (κ2) is 8.71. The number of carboxylic acid groups (broad SMARTS) is 1. The van der Waals surface area contributed by atoms with Gasteiger partial charge in [-0.2, -0.15) is 0 Å². The number of carbonyl (C=O) groups excluding carboxylic acids is 2. The average Bonchev–Trinajstić information content (AvgIpc) is 2.21. The van der Waals surface area contributed by atoms with Crippen molar-refractivity contribution >= 4 is 18.0 Å². The predicted octanol–water partition coefficient (Wildman–Crippen LogP) is 1.29. The summed E-state index contributed by atoms with van der Waals surface area (Å²) < 4.78 is 10.3. The molecule has 3 N–H and O–H groups in total. The van der Waals surface area contributed by atoms with Gasteiger partial charge in [-0.1, -0.05) is 0 Å². The van der Waals surface area contributed by atoms with Crippen molar-refractivity contribution in [2.45, 2.75) is 65.1 Å². The molecule has 8 heteroatoms. The molecule has 0 aromatic heterocycles. The Bertz CT molecular complexity index is 423. The molecular weight excluding hydrogens is 304 g/mol. The van der Waals surface area contributed by atoms with Gasteiger partial charge in [0, 0.05) is 5.54 Å². The molecule has 8 nitrogen and oxygen atoms in total. The molecule has 0 aromatic rings. The van der Waals surface area contributed by atoms with E-state index in [4.69, 9.17) is 14.6 Å². The van der Waals surface area contributed by atoms with Crippen molar-refractivity contribution in [3.05, 3.63) is 0 Å². The number of hydrogen-bond donors (Lipinski definition) is 3. The zero-order valence-corrected chi connectivity index (χ0v) is 14.7. The normalized spacial score (nSPS) is 13.1. The van der Waals surface area contributed by atoms with E-state index in [2.05, 4.69) is 10.6 Å². The number of rotatable bonds is 7. The maximum Gasteiger partial charge on any atom is 0.407 e. The first kappa shape index (κ1) is 21.2. The van der Waals surface area contributed by atoms with Gasteiger partial charge in [0.1, 0.15) is 12.2 Å². The van der Waals surface area contributed by atoms with Gasteiger partial charge in [0.2, 0.25) is 5.91 Å². The summed E-state index contributed by atoms with van der Waals surface area (Å²) in [6.07, 6.45) is -1.06. The summed E-state index contributed by atoms with van der Waals surface area (Å²) in [5.41, 5.74) is -1.07. The molecule has 134 valence electrons. The van der Waals surface area contributed by atoms with Gasteiger partial charge in [-0.3, -0.25) is 9.59 Å². The summed E-state index contributed by atoms with van der Waals surface area (Å²) in [5, 5.41) is 14.0. The molecule has 0 aliphatic carbocycles. The van der Waals surface area contributed by atoms with E-state index < -0.39 is 23.7 Å². The van der Waals surface area contributed by atoms with Gasteiger partial charge in [0.15, 0.2) is 0 Å². The number of ether oxygens (including phenoxy) is 2. The highest BCUT2D eigenvalue weighted by atomic mass is 16.6. The van der Waals surface area contributed by atoms with E-state index in [-0.39, 0.29) is 31.1 Å². The smallest absolute Gasteiger partial charge is 0.407 e. The highest BCUT2D eigenvalue weighted by Crippen LogP contribution is 2.07. The third-order valence-electron chi connectivity index (χ3n) is 2.21. The van der Waals surface area contributed by atoms with Crippen LogP contribution in [0.4, 0.5) is 4.79 Å². The molecule has 0 aliphatic rings. The van der Waals surface area contributed by atoms with E-state index in [0.29, 0.717) is 0 Å². The Morgan fingerprint density at radius 3 is 2.09 bits per heavy atom. The second-order valence-electron chi connectivity index (χ2n) is 7.25. The third-order valence-corrected chi connectivity index (χ3v) is 2.21. The van der Waals surface area contributed by atoms with Crippen LogP contribution in [-0.2, 0) is 19.1 Å². The molecule has 0 aromatic carbocycles. The molecule has 0 bridgehead atoms. The maximum atomic E-state index is 11.7. The Labute approximate surface area is 136 Å². The standard InChI is InChI=1S/C15H28N2O6/c1-14(2,3)17-11(18)9-22-8-10(7-12(19)20)16-13(21)23-15(4,5)6/h10H,7-9H2,1-6H3,(H,16,21)(H,17,18)(H,19,20). The van der Waals surface area contributed by atoms with Crippen molar-refractivity contribution in [2.24, 2.45) is 0 Å². The lowest BCUT2D eigenvalue weighted by Crippen LogP contribution is -2.45. The lowest BCUT2D eigenvalue weighted by molar-refractivity contribution is -0.137. The van der Waals surface area contributed by atoms with Crippen molar-refractivity contribution in [2.75, 3.05) is 13.2 Å². The first-order valence-electron chi connectivity index (χ1n) is 7.38. The average molecular weight is 332 g/mol. The molecule has 0 aliphatic heterocycles. The van der Waals surface area contributed by atoms with Gasteiger partial charge in [-0.05, 0) is 41.5 Å². The van der Waals surface area contributed by atoms with Crippen LogP contribution in [0.15, 0.2) is 0 Å². The van der Waals surface area contributed by atoms with Crippen molar-refractivity contribution in [3.8, 4) is 0 Å². The lowest BCUT2D eigenvalue weighted by atomic mass is 10.1. The number of carboxylic acids is 1. The van der Waals surface area contributed by atoms with Crippen molar-refractivity contribution in [1.82, 2.24) is 10.6 Å². The second-order valence-corrected chi connectivity index (χ2v) is 7.25. The molecule has 1 atom stereocenters. The fourth-order valence-electron chi connectivity index (χ4n) is 1.58. The molecule has 1 unspecified atom stereocenters. The fourth-order valence-corrected chi connectivity index (χ4v) is 1.58. The van der Waals surface area contributed by atoms with Gasteiger partial charge in [-0.25, -0.2) is 4.79 Å². The van der Waals surface area contributed by atoms with Crippen LogP contribution in [-0.4, -0.2) is 53.5 Å². The van der Waals surface area contributed by atoms with E-state index in [0.717, 1.165) is 0 Å². The Morgan fingerprint density at radius 1 is 1.09 bits per heavy atom. The zero-order chi connectivity index (χ0) is 18.3. The van der Waals surface area contributed by atoms with Crippen LogP contribution in [0.25, 0.3) is 0 Å². The van der Waals surface area contributed by atoms with E-state index >= 15 is 0 Å².